The summed E-state index contributed by atoms with van der Waals surface area (Å²) >= 11 is 8.14. The van der Waals surface area contributed by atoms with Crippen LogP contribution in [0.5, 0.6) is 0 Å². The smallest absolute Gasteiger partial charge is 0.161 e. The number of hydrogen-bond acceptors (Lipinski definition) is 5. The summed E-state index contributed by atoms with van der Waals surface area (Å²) in [4.78, 5) is 38.1. The summed E-state index contributed by atoms with van der Waals surface area (Å²) in [6, 6.07) is 9.57. The monoisotopic (exact) mass is 492 g/mol. The van der Waals surface area contributed by atoms with Crippen molar-refractivity contribution in [2.24, 2.45) is 21.7 Å². The summed E-state index contributed by atoms with van der Waals surface area (Å²) in [5, 5.41) is 0.643. The van der Waals surface area contributed by atoms with Gasteiger partial charge in [0, 0.05) is 46.3 Å². The van der Waals surface area contributed by atoms with Crippen LogP contribution in [0.3, 0.4) is 0 Å². The molecule has 0 radical (unpaired) electrons. The van der Waals surface area contributed by atoms with Gasteiger partial charge in [0.2, 0.25) is 0 Å². The Morgan fingerprint density at radius 2 is 1.68 bits per heavy atom. The number of Topliss-reactive ketones (excluding diaryl/α,β-unsaturated/α-hetero) is 2. The quantitative estimate of drug-likeness (QED) is 0.469. The maximum absolute atomic E-state index is 13.5. The van der Waals surface area contributed by atoms with Crippen LogP contribution in [0.1, 0.15) is 58.9 Å². The predicted molar refractivity (Wildman–Crippen MR) is 137 cm³/mol. The molecule has 0 saturated heterocycles. The van der Waals surface area contributed by atoms with Crippen molar-refractivity contribution in [1.82, 2.24) is 4.98 Å². The summed E-state index contributed by atoms with van der Waals surface area (Å²) in [6.45, 7) is 8.53. The van der Waals surface area contributed by atoms with Gasteiger partial charge in [-0.05, 0) is 59.1 Å². The second kappa shape index (κ2) is 8.46. The fourth-order valence-corrected chi connectivity index (χ4v) is 6.77. The molecule has 1 aromatic heterocycles. The number of fused-ring (bicyclic) bond motifs is 2. The van der Waals surface area contributed by atoms with Crippen molar-refractivity contribution in [1.29, 1.82) is 0 Å². The standard InChI is InChI=1S/C28H29ClN2O2S/c1-27(2)12-19-25(21(32)14-27)24(26-20(31-19)13-28(3,4)15-22(26)33)16-5-6-18(29)23(11-16)34-17-7-9-30-10-8-17/h5-11,19,26H,12-15H2,1-4H3. The van der Waals surface area contributed by atoms with Gasteiger partial charge in [0.25, 0.3) is 0 Å². The lowest BCUT2D eigenvalue weighted by Gasteiger charge is -2.44. The Bertz CT molecular complexity index is 1250. The lowest BCUT2D eigenvalue weighted by molar-refractivity contribution is -0.122. The highest BCUT2D eigenvalue weighted by atomic mass is 35.5. The first-order chi connectivity index (χ1) is 16.0. The molecule has 2 unspecified atom stereocenters. The first-order valence-electron chi connectivity index (χ1n) is 11.8. The number of benzene rings is 1. The number of pyridine rings is 1. The van der Waals surface area contributed by atoms with Gasteiger partial charge < -0.3 is 0 Å². The number of rotatable bonds is 3. The number of carbonyl (C=O) groups is 2. The average molecular weight is 493 g/mol. The van der Waals surface area contributed by atoms with E-state index in [0.29, 0.717) is 17.9 Å². The van der Waals surface area contributed by atoms with E-state index in [2.05, 4.69) is 32.7 Å². The minimum absolute atomic E-state index is 0.107. The normalized spacial score (nSPS) is 25.5. The molecule has 2 aliphatic carbocycles. The van der Waals surface area contributed by atoms with Crippen LogP contribution in [0.4, 0.5) is 0 Å². The topological polar surface area (TPSA) is 59.4 Å². The van der Waals surface area contributed by atoms with Crippen molar-refractivity contribution in [2.45, 2.75) is 69.2 Å². The number of hydrogen-bond donors (Lipinski definition) is 0. The zero-order chi connectivity index (χ0) is 24.3. The average Bonchev–Trinajstić information content (AvgIpc) is 2.73. The van der Waals surface area contributed by atoms with Crippen LogP contribution < -0.4 is 0 Å². The van der Waals surface area contributed by atoms with Gasteiger partial charge in [-0.3, -0.25) is 19.6 Å². The van der Waals surface area contributed by atoms with Gasteiger partial charge in [-0.1, -0.05) is 57.1 Å². The molecule has 2 atom stereocenters. The molecule has 4 nitrogen and oxygen atoms in total. The molecule has 0 N–H and O–H groups in total. The molecule has 5 rings (SSSR count). The van der Waals surface area contributed by atoms with Gasteiger partial charge in [-0.25, -0.2) is 0 Å². The number of nitrogens with zero attached hydrogens (tertiary/aromatic N) is 2. The van der Waals surface area contributed by atoms with Crippen LogP contribution in [0.15, 0.2) is 63.1 Å². The van der Waals surface area contributed by atoms with Crippen molar-refractivity contribution in [3.05, 3.63) is 58.9 Å². The van der Waals surface area contributed by atoms with Gasteiger partial charge in [0.05, 0.1) is 17.0 Å². The van der Waals surface area contributed by atoms with Gasteiger partial charge in [0.15, 0.2) is 5.78 Å². The molecule has 3 aliphatic rings. The predicted octanol–water partition coefficient (Wildman–Crippen LogP) is 6.86. The maximum atomic E-state index is 13.5. The zero-order valence-electron chi connectivity index (χ0n) is 20.0. The maximum Gasteiger partial charge on any atom is 0.161 e. The third kappa shape index (κ3) is 4.40. The molecule has 1 aromatic carbocycles. The van der Waals surface area contributed by atoms with E-state index in [1.165, 1.54) is 0 Å². The fraction of sp³-hybridized carbons (Fsp3) is 0.429. The molecule has 1 aliphatic heterocycles. The van der Waals surface area contributed by atoms with E-state index in [1.54, 1.807) is 24.2 Å². The largest absolute Gasteiger partial charge is 0.299 e. The highest BCUT2D eigenvalue weighted by Gasteiger charge is 2.48. The second-order valence-electron chi connectivity index (χ2n) is 11.3. The summed E-state index contributed by atoms with van der Waals surface area (Å²) in [5.41, 5.74) is 3.22. The molecule has 0 spiro atoms. The SMILES string of the molecule is CC1(C)CC(=O)C2C(=NC3CC(C)(C)CC(=O)C3=C2c2ccc(Cl)c(Sc3ccncc3)c2)C1. The Morgan fingerprint density at radius 1 is 0.941 bits per heavy atom. The molecular weight excluding hydrogens is 464 g/mol. The van der Waals surface area contributed by atoms with Gasteiger partial charge >= 0.3 is 0 Å². The first kappa shape index (κ1) is 23.5. The second-order valence-corrected chi connectivity index (χ2v) is 12.8. The van der Waals surface area contributed by atoms with E-state index >= 15 is 0 Å². The fourth-order valence-electron chi connectivity index (χ4n) is 5.68. The Hall–Kier alpha value is -2.24. The van der Waals surface area contributed by atoms with E-state index in [-0.39, 0.29) is 28.4 Å². The third-order valence-corrected chi connectivity index (χ3v) is 8.51. The highest BCUT2D eigenvalue weighted by molar-refractivity contribution is 7.99. The van der Waals surface area contributed by atoms with Crippen molar-refractivity contribution in [2.75, 3.05) is 0 Å². The van der Waals surface area contributed by atoms with Crippen LogP contribution in [-0.2, 0) is 9.59 Å². The Morgan fingerprint density at radius 3 is 2.41 bits per heavy atom. The highest BCUT2D eigenvalue weighted by Crippen LogP contribution is 2.50. The summed E-state index contributed by atoms with van der Waals surface area (Å²) in [5.74, 6) is -0.161. The van der Waals surface area contributed by atoms with E-state index < -0.39 is 5.92 Å². The molecule has 6 heteroatoms. The molecule has 2 aromatic rings. The van der Waals surface area contributed by atoms with Crippen LogP contribution in [0.25, 0.3) is 5.57 Å². The lowest BCUT2D eigenvalue weighted by atomic mass is 9.62. The Labute approximate surface area is 210 Å². The third-order valence-electron chi connectivity index (χ3n) is 7.01. The molecule has 2 saturated carbocycles. The van der Waals surface area contributed by atoms with E-state index in [0.717, 1.165) is 45.1 Å². The van der Waals surface area contributed by atoms with Crippen LogP contribution in [0, 0.1) is 16.7 Å². The van der Waals surface area contributed by atoms with Gasteiger partial charge in [-0.2, -0.15) is 0 Å². The molecule has 176 valence electrons. The van der Waals surface area contributed by atoms with Crippen molar-refractivity contribution in [3.63, 3.8) is 0 Å². The number of carbonyl (C=O) groups excluding carboxylic acids is 2. The Kier molecular flexibility index (Phi) is 5.84. The number of dihydropyridines is 1. The number of allylic oxidation sites excluding steroid dienone is 1. The lowest BCUT2D eigenvalue weighted by Crippen LogP contribution is -2.45. The van der Waals surface area contributed by atoms with Gasteiger partial charge in [0.1, 0.15) is 5.78 Å². The number of aromatic nitrogens is 1. The summed E-state index contributed by atoms with van der Waals surface area (Å²) in [6.07, 6.45) is 6.07. The summed E-state index contributed by atoms with van der Waals surface area (Å²) in [7, 11) is 0. The van der Waals surface area contributed by atoms with E-state index in [1.807, 2.05) is 30.3 Å². The molecule has 2 heterocycles. The molecule has 0 amide bonds. The van der Waals surface area contributed by atoms with Crippen molar-refractivity contribution >= 4 is 46.2 Å². The molecule has 0 bridgehead atoms. The van der Waals surface area contributed by atoms with E-state index in [9.17, 15) is 9.59 Å². The number of aliphatic imine (C=N–C) groups is 1. The minimum atomic E-state index is -0.440. The summed E-state index contributed by atoms with van der Waals surface area (Å²) < 4.78 is 0. The minimum Gasteiger partial charge on any atom is -0.299 e. The number of halogens is 1. The van der Waals surface area contributed by atoms with E-state index in [4.69, 9.17) is 16.6 Å². The molecular formula is C28H29ClN2O2S. The molecule has 2 fully saturated rings. The first-order valence-corrected chi connectivity index (χ1v) is 13.0. The van der Waals surface area contributed by atoms with Crippen LogP contribution >= 0.6 is 23.4 Å². The van der Waals surface area contributed by atoms with Crippen LogP contribution in [0.2, 0.25) is 5.02 Å². The molecule has 34 heavy (non-hydrogen) atoms. The van der Waals surface area contributed by atoms with Crippen LogP contribution in [-0.4, -0.2) is 28.3 Å². The zero-order valence-corrected chi connectivity index (χ0v) is 21.6. The van der Waals surface area contributed by atoms with Crippen molar-refractivity contribution in [3.8, 4) is 0 Å². The van der Waals surface area contributed by atoms with Crippen molar-refractivity contribution < 1.29 is 9.59 Å². The Balaban J connectivity index is 1.65. The van der Waals surface area contributed by atoms with Gasteiger partial charge in [-0.15, -0.1) is 0 Å². The number of ketones is 2.